The fourth-order valence-electron chi connectivity index (χ4n) is 1.97. The Bertz CT molecular complexity index is 146. The van der Waals surface area contributed by atoms with Crippen LogP contribution in [0.5, 0.6) is 0 Å². The number of hydrogen-bond donors (Lipinski definition) is 1. The lowest BCUT2D eigenvalue weighted by Gasteiger charge is -2.01. The summed E-state index contributed by atoms with van der Waals surface area (Å²) in [5, 5.41) is 11.7. The summed E-state index contributed by atoms with van der Waals surface area (Å²) in [5.41, 5.74) is 0. The third-order valence-electron chi connectivity index (χ3n) is 3.04. The molecule has 0 aromatic carbocycles. The Hall–Kier alpha value is -0.530. The van der Waals surface area contributed by atoms with Crippen LogP contribution in [0.3, 0.4) is 0 Å². The maximum absolute atomic E-state index is 9.91. The maximum Gasteiger partial charge on any atom is 0.148 e. The average molecular weight is 227 g/mol. The Balaban J connectivity index is 2.88. The van der Waals surface area contributed by atoms with E-state index in [0.717, 1.165) is 12.8 Å². The van der Waals surface area contributed by atoms with Gasteiger partial charge in [0.1, 0.15) is 6.21 Å². The molecular formula is C14H29NO. The van der Waals surface area contributed by atoms with Gasteiger partial charge >= 0.3 is 0 Å². The van der Waals surface area contributed by atoms with E-state index in [1.165, 1.54) is 64.2 Å². The molecule has 0 aromatic rings. The molecule has 16 heavy (non-hydrogen) atoms. The summed E-state index contributed by atoms with van der Waals surface area (Å²) in [4.78, 5) is 0. The normalized spacial score (nSPS) is 11.3. The molecule has 0 saturated heterocycles. The molecule has 0 aliphatic rings. The van der Waals surface area contributed by atoms with Crippen molar-refractivity contribution in [2.45, 2.75) is 84.0 Å². The number of hydrogen-bond acceptors (Lipinski definition) is 1. The van der Waals surface area contributed by atoms with Crippen molar-refractivity contribution in [1.82, 2.24) is 0 Å². The topological polar surface area (TPSA) is 37.0 Å². The van der Waals surface area contributed by atoms with E-state index in [1.807, 2.05) is 5.16 Å². The van der Waals surface area contributed by atoms with Crippen LogP contribution in [-0.2, 0) is 0 Å². The van der Waals surface area contributed by atoms with Crippen LogP contribution in [0.25, 0.3) is 0 Å². The molecule has 0 rings (SSSR count). The smallest absolute Gasteiger partial charge is 0.148 e. The lowest BCUT2D eigenvalue weighted by atomic mass is 10.1. The Morgan fingerprint density at radius 3 is 1.62 bits per heavy atom. The van der Waals surface area contributed by atoms with Crippen molar-refractivity contribution in [3.63, 3.8) is 0 Å². The molecule has 1 N–H and O–H groups in total. The summed E-state index contributed by atoms with van der Waals surface area (Å²) < 4.78 is 0. The summed E-state index contributed by atoms with van der Waals surface area (Å²) in [6, 6.07) is 0. The van der Waals surface area contributed by atoms with Gasteiger partial charge in [-0.1, -0.05) is 71.1 Å². The fraction of sp³-hybridized carbons (Fsp3) is 0.929. The van der Waals surface area contributed by atoms with Crippen molar-refractivity contribution in [2.24, 2.45) is 0 Å². The second-order valence-electron chi connectivity index (χ2n) is 4.65. The van der Waals surface area contributed by atoms with E-state index in [2.05, 4.69) is 6.92 Å². The van der Waals surface area contributed by atoms with Crippen LogP contribution < -0.4 is 5.16 Å². The van der Waals surface area contributed by atoms with Crippen molar-refractivity contribution in [3.8, 4) is 0 Å². The quantitative estimate of drug-likeness (QED) is 0.236. The third-order valence-corrected chi connectivity index (χ3v) is 3.04. The Labute approximate surface area is 101 Å². The number of rotatable bonds is 12. The van der Waals surface area contributed by atoms with Crippen LogP contribution in [0.1, 0.15) is 84.0 Å². The van der Waals surface area contributed by atoms with E-state index in [9.17, 15) is 5.21 Å². The molecule has 0 atom stereocenters. The van der Waals surface area contributed by atoms with Crippen LogP contribution in [0, 0.1) is 5.21 Å². The highest BCUT2D eigenvalue weighted by molar-refractivity contribution is 5.49. The van der Waals surface area contributed by atoms with Crippen molar-refractivity contribution in [3.05, 3.63) is 5.21 Å². The van der Waals surface area contributed by atoms with Crippen LogP contribution in [0.4, 0.5) is 0 Å². The predicted octanol–water partition coefficient (Wildman–Crippen LogP) is 3.34. The third kappa shape index (κ3) is 13.5. The van der Waals surface area contributed by atoms with Crippen LogP contribution in [-0.4, -0.2) is 6.21 Å². The van der Waals surface area contributed by atoms with Crippen molar-refractivity contribution >= 4 is 6.21 Å². The van der Waals surface area contributed by atoms with Crippen LogP contribution >= 0.6 is 0 Å². The molecule has 0 bridgehead atoms. The van der Waals surface area contributed by atoms with Crippen molar-refractivity contribution in [1.29, 1.82) is 0 Å². The van der Waals surface area contributed by atoms with Gasteiger partial charge in [-0.3, -0.25) is 0 Å². The highest BCUT2D eigenvalue weighted by Crippen LogP contribution is 2.11. The minimum atomic E-state index is 0.917. The Kier molecular flexibility index (Phi) is 14.0. The minimum absolute atomic E-state index is 0.917. The summed E-state index contributed by atoms with van der Waals surface area (Å²) >= 11 is 0. The lowest BCUT2D eigenvalue weighted by Crippen LogP contribution is -2.60. The number of unbranched alkanes of at least 4 members (excludes halogenated alkanes) is 11. The lowest BCUT2D eigenvalue weighted by molar-refractivity contribution is -0.368. The van der Waals surface area contributed by atoms with Gasteiger partial charge in [0, 0.05) is 6.42 Å². The SMILES string of the molecule is CCCCCCCCCCCCCC=[NH+][O-]. The first-order chi connectivity index (χ1) is 7.91. The van der Waals surface area contributed by atoms with Gasteiger partial charge in [-0.15, -0.1) is 0 Å². The zero-order chi connectivity index (χ0) is 11.9. The summed E-state index contributed by atoms with van der Waals surface area (Å²) in [6.45, 7) is 2.26. The van der Waals surface area contributed by atoms with Gasteiger partial charge in [0.15, 0.2) is 0 Å². The molecule has 0 saturated carbocycles. The standard InChI is InChI=1S/C14H29NO/c1-2-3-4-5-6-7-8-9-10-11-12-13-14-15-16/h14-15H,2-13H2,1H3. The van der Waals surface area contributed by atoms with E-state index >= 15 is 0 Å². The van der Waals surface area contributed by atoms with Gasteiger partial charge in [-0.05, 0) is 6.42 Å². The van der Waals surface area contributed by atoms with Crippen molar-refractivity contribution in [2.75, 3.05) is 0 Å². The van der Waals surface area contributed by atoms with Gasteiger partial charge in [-0.25, -0.2) is 5.16 Å². The molecule has 2 heteroatoms. The van der Waals surface area contributed by atoms with Gasteiger partial charge in [0.2, 0.25) is 0 Å². The molecule has 2 nitrogen and oxygen atoms in total. The number of nitrogens with one attached hydrogen (secondary N) is 1. The van der Waals surface area contributed by atoms with Crippen LogP contribution in [0.15, 0.2) is 0 Å². The molecule has 0 aliphatic carbocycles. The fourth-order valence-corrected chi connectivity index (χ4v) is 1.97. The minimum Gasteiger partial charge on any atom is -0.626 e. The predicted molar refractivity (Wildman–Crippen MR) is 71.5 cm³/mol. The van der Waals surface area contributed by atoms with Gasteiger partial charge in [0.25, 0.3) is 0 Å². The first kappa shape index (κ1) is 15.5. The second kappa shape index (κ2) is 14.5. The first-order valence-corrected chi connectivity index (χ1v) is 7.11. The first-order valence-electron chi connectivity index (χ1n) is 7.11. The van der Waals surface area contributed by atoms with E-state index in [0.29, 0.717) is 0 Å². The molecule has 96 valence electrons. The second-order valence-corrected chi connectivity index (χ2v) is 4.65. The van der Waals surface area contributed by atoms with Gasteiger partial charge < -0.3 is 5.21 Å². The Morgan fingerprint density at radius 2 is 1.19 bits per heavy atom. The zero-order valence-corrected chi connectivity index (χ0v) is 11.0. The maximum atomic E-state index is 9.91. The Morgan fingerprint density at radius 1 is 0.750 bits per heavy atom. The van der Waals surface area contributed by atoms with E-state index in [-0.39, 0.29) is 0 Å². The average Bonchev–Trinajstić information content (AvgIpc) is 2.31. The molecule has 0 amide bonds. The molecule has 0 aliphatic heterocycles. The zero-order valence-electron chi connectivity index (χ0n) is 11.0. The molecule has 0 aromatic heterocycles. The van der Waals surface area contributed by atoms with Crippen molar-refractivity contribution < 1.29 is 5.16 Å². The highest BCUT2D eigenvalue weighted by atomic mass is 16.4. The molecule has 0 heterocycles. The summed E-state index contributed by atoms with van der Waals surface area (Å²) in [6.07, 6.45) is 17.5. The molecule has 0 spiro atoms. The summed E-state index contributed by atoms with van der Waals surface area (Å²) in [5.74, 6) is 0. The van der Waals surface area contributed by atoms with E-state index in [4.69, 9.17) is 0 Å². The molecular weight excluding hydrogens is 198 g/mol. The largest absolute Gasteiger partial charge is 0.626 e. The van der Waals surface area contributed by atoms with E-state index in [1.54, 1.807) is 6.21 Å². The molecule has 0 radical (unpaired) electrons. The summed E-state index contributed by atoms with van der Waals surface area (Å²) in [7, 11) is 0. The molecule has 0 unspecified atom stereocenters. The van der Waals surface area contributed by atoms with Gasteiger partial charge in [-0.2, -0.15) is 0 Å². The highest BCUT2D eigenvalue weighted by Gasteiger charge is 1.92. The molecule has 0 fully saturated rings. The monoisotopic (exact) mass is 227 g/mol. The van der Waals surface area contributed by atoms with Gasteiger partial charge in [0.05, 0.1) is 0 Å². The van der Waals surface area contributed by atoms with Crippen LogP contribution in [0.2, 0.25) is 0 Å². The van der Waals surface area contributed by atoms with E-state index < -0.39 is 0 Å².